The van der Waals surface area contributed by atoms with E-state index in [1.54, 1.807) is 19.1 Å². The molecule has 0 aliphatic rings. The second-order valence-electron chi connectivity index (χ2n) is 4.17. The number of carbonyl (C=O) groups is 2. The molecule has 0 saturated heterocycles. The molecule has 0 aromatic heterocycles. The van der Waals surface area contributed by atoms with Gasteiger partial charge in [0.25, 0.3) is 0 Å². The summed E-state index contributed by atoms with van der Waals surface area (Å²) in [4.78, 5) is 24.1. The first-order valence-electron chi connectivity index (χ1n) is 5.81. The number of benzene rings is 1. The van der Waals surface area contributed by atoms with E-state index >= 15 is 0 Å². The quantitative estimate of drug-likeness (QED) is 0.821. The van der Waals surface area contributed by atoms with Crippen LogP contribution in [0.5, 0.6) is 0 Å². The zero-order valence-corrected chi connectivity index (χ0v) is 10.6. The molecular formula is C13H18N2O3. The van der Waals surface area contributed by atoms with E-state index in [2.05, 4.69) is 0 Å². The predicted molar refractivity (Wildman–Crippen MR) is 69.4 cm³/mol. The Morgan fingerprint density at radius 1 is 1.33 bits per heavy atom. The summed E-state index contributed by atoms with van der Waals surface area (Å²) in [6.07, 6.45) is 0.473. The molecule has 18 heavy (non-hydrogen) atoms. The molecule has 3 N–H and O–H groups in total. The molecule has 1 aromatic carbocycles. The van der Waals surface area contributed by atoms with Gasteiger partial charge in [-0.15, -0.1) is 0 Å². The van der Waals surface area contributed by atoms with Gasteiger partial charge in [-0.3, -0.25) is 14.5 Å². The molecule has 0 saturated carbocycles. The van der Waals surface area contributed by atoms with Crippen molar-refractivity contribution >= 4 is 17.6 Å². The fourth-order valence-electron chi connectivity index (χ4n) is 1.53. The summed E-state index contributed by atoms with van der Waals surface area (Å²) in [5.41, 5.74) is 7.27. The fraction of sp³-hybridized carbons (Fsp3) is 0.385. The van der Waals surface area contributed by atoms with Crippen LogP contribution in [-0.4, -0.2) is 29.6 Å². The number of hydrogen-bond donors (Lipinski definition) is 2. The van der Waals surface area contributed by atoms with Crippen molar-refractivity contribution in [2.45, 2.75) is 26.3 Å². The summed E-state index contributed by atoms with van der Waals surface area (Å²) < 4.78 is 0. The first-order chi connectivity index (χ1) is 8.45. The van der Waals surface area contributed by atoms with Gasteiger partial charge >= 0.3 is 5.97 Å². The molecule has 0 spiro atoms. The molecule has 1 rings (SSSR count). The number of rotatable bonds is 5. The zero-order chi connectivity index (χ0) is 13.7. The van der Waals surface area contributed by atoms with Gasteiger partial charge < -0.3 is 10.8 Å². The number of hydrogen-bond acceptors (Lipinski definition) is 3. The van der Waals surface area contributed by atoms with Crippen LogP contribution in [-0.2, 0) is 9.59 Å². The number of amides is 1. The van der Waals surface area contributed by atoms with Crippen molar-refractivity contribution in [3.05, 3.63) is 29.8 Å². The maximum absolute atomic E-state index is 12.0. The summed E-state index contributed by atoms with van der Waals surface area (Å²) in [6.45, 7) is 3.33. The Labute approximate surface area is 106 Å². The van der Waals surface area contributed by atoms with Crippen molar-refractivity contribution in [1.29, 1.82) is 0 Å². The molecule has 1 atom stereocenters. The van der Waals surface area contributed by atoms with E-state index < -0.39 is 12.0 Å². The van der Waals surface area contributed by atoms with Crippen LogP contribution in [0, 0.1) is 6.92 Å². The van der Waals surface area contributed by atoms with Crippen LogP contribution in [0.15, 0.2) is 24.3 Å². The number of aryl methyl sites for hydroxylation is 1. The van der Waals surface area contributed by atoms with Gasteiger partial charge in [-0.05, 0) is 25.5 Å². The van der Waals surface area contributed by atoms with Crippen molar-refractivity contribution in [3.63, 3.8) is 0 Å². The molecule has 98 valence electrons. The van der Waals surface area contributed by atoms with Crippen LogP contribution in [0.2, 0.25) is 0 Å². The van der Waals surface area contributed by atoms with Gasteiger partial charge in [0.1, 0.15) is 6.54 Å². The number of nitrogens with two attached hydrogens (primary N) is 1. The smallest absolute Gasteiger partial charge is 0.323 e. The van der Waals surface area contributed by atoms with Crippen molar-refractivity contribution in [2.24, 2.45) is 5.73 Å². The number of aliphatic carboxylic acids is 1. The number of nitrogens with zero attached hydrogens (tertiary/aromatic N) is 1. The third-order valence-electron chi connectivity index (χ3n) is 2.66. The number of carbonyl (C=O) groups excluding carboxylic acids is 1. The molecule has 0 radical (unpaired) electrons. The summed E-state index contributed by atoms with van der Waals surface area (Å²) in [5.74, 6) is -1.43. The van der Waals surface area contributed by atoms with Gasteiger partial charge in [0, 0.05) is 5.69 Å². The average Bonchev–Trinajstić information content (AvgIpc) is 2.35. The average molecular weight is 250 g/mol. The molecule has 5 nitrogen and oxygen atoms in total. The highest BCUT2D eigenvalue weighted by Gasteiger charge is 2.23. The number of carboxylic acids is 1. The topological polar surface area (TPSA) is 83.6 Å². The first-order valence-corrected chi connectivity index (χ1v) is 5.81. The number of anilines is 1. The van der Waals surface area contributed by atoms with Crippen molar-refractivity contribution in [1.82, 2.24) is 0 Å². The van der Waals surface area contributed by atoms with Crippen LogP contribution in [0.25, 0.3) is 0 Å². The second kappa shape index (κ2) is 6.16. The maximum Gasteiger partial charge on any atom is 0.323 e. The molecule has 0 heterocycles. The SMILES string of the molecule is CC[C@@H](N)C(=O)N(CC(=O)O)c1ccc(C)cc1. The van der Waals surface area contributed by atoms with E-state index in [1.165, 1.54) is 4.90 Å². The molecule has 0 bridgehead atoms. The summed E-state index contributed by atoms with van der Waals surface area (Å²) in [6, 6.07) is 6.42. The molecule has 0 aliphatic carbocycles. The van der Waals surface area contributed by atoms with Crippen LogP contribution >= 0.6 is 0 Å². The lowest BCUT2D eigenvalue weighted by atomic mass is 10.1. The maximum atomic E-state index is 12.0. The van der Waals surface area contributed by atoms with Crippen LogP contribution in [0.3, 0.4) is 0 Å². The Hall–Kier alpha value is -1.88. The third-order valence-corrected chi connectivity index (χ3v) is 2.66. The Morgan fingerprint density at radius 2 is 1.89 bits per heavy atom. The summed E-state index contributed by atoms with van der Waals surface area (Å²) in [7, 11) is 0. The molecule has 1 aromatic rings. The standard InChI is InChI=1S/C13H18N2O3/c1-3-11(14)13(18)15(8-12(16)17)10-6-4-9(2)5-7-10/h4-7,11H,3,8,14H2,1-2H3,(H,16,17)/t11-/m1/s1. The molecule has 0 aliphatic heterocycles. The Bertz CT molecular complexity index is 428. The van der Waals surface area contributed by atoms with Crippen molar-refractivity contribution in [2.75, 3.05) is 11.4 Å². The largest absolute Gasteiger partial charge is 0.480 e. The van der Waals surface area contributed by atoms with Crippen molar-refractivity contribution in [3.8, 4) is 0 Å². The van der Waals surface area contributed by atoms with E-state index in [0.29, 0.717) is 12.1 Å². The minimum Gasteiger partial charge on any atom is -0.480 e. The van der Waals surface area contributed by atoms with E-state index in [9.17, 15) is 9.59 Å². The third kappa shape index (κ3) is 3.56. The van der Waals surface area contributed by atoms with Crippen LogP contribution in [0.1, 0.15) is 18.9 Å². The summed E-state index contributed by atoms with van der Waals surface area (Å²) in [5, 5.41) is 8.87. The van der Waals surface area contributed by atoms with Gasteiger partial charge in [0.2, 0.25) is 5.91 Å². The normalized spacial score (nSPS) is 11.9. The van der Waals surface area contributed by atoms with Gasteiger partial charge in [0.15, 0.2) is 0 Å². The van der Waals surface area contributed by atoms with Crippen LogP contribution < -0.4 is 10.6 Å². The van der Waals surface area contributed by atoms with E-state index in [-0.39, 0.29) is 12.5 Å². The fourth-order valence-corrected chi connectivity index (χ4v) is 1.53. The molecular weight excluding hydrogens is 232 g/mol. The molecule has 0 fully saturated rings. The highest BCUT2D eigenvalue weighted by atomic mass is 16.4. The summed E-state index contributed by atoms with van der Waals surface area (Å²) >= 11 is 0. The second-order valence-corrected chi connectivity index (χ2v) is 4.17. The molecule has 1 amide bonds. The van der Waals surface area contributed by atoms with E-state index in [1.807, 2.05) is 19.1 Å². The zero-order valence-electron chi connectivity index (χ0n) is 10.6. The minimum atomic E-state index is -1.06. The van der Waals surface area contributed by atoms with Crippen LogP contribution in [0.4, 0.5) is 5.69 Å². The van der Waals surface area contributed by atoms with E-state index in [4.69, 9.17) is 10.8 Å². The Morgan fingerprint density at radius 3 is 2.33 bits per heavy atom. The molecule has 0 unspecified atom stereocenters. The lowest BCUT2D eigenvalue weighted by molar-refractivity contribution is -0.136. The van der Waals surface area contributed by atoms with Gasteiger partial charge in [-0.1, -0.05) is 24.6 Å². The van der Waals surface area contributed by atoms with E-state index in [0.717, 1.165) is 5.56 Å². The Kier molecular flexibility index (Phi) is 4.85. The lowest BCUT2D eigenvalue weighted by Gasteiger charge is -2.23. The van der Waals surface area contributed by atoms with Gasteiger partial charge in [0.05, 0.1) is 6.04 Å². The first kappa shape index (κ1) is 14.2. The minimum absolute atomic E-state index is 0.372. The lowest BCUT2D eigenvalue weighted by Crippen LogP contribution is -2.45. The van der Waals surface area contributed by atoms with Gasteiger partial charge in [-0.2, -0.15) is 0 Å². The highest BCUT2D eigenvalue weighted by Crippen LogP contribution is 2.16. The highest BCUT2D eigenvalue weighted by molar-refractivity contribution is 6.00. The van der Waals surface area contributed by atoms with Crippen molar-refractivity contribution < 1.29 is 14.7 Å². The van der Waals surface area contributed by atoms with Gasteiger partial charge in [-0.25, -0.2) is 0 Å². The Balaban J connectivity index is 3.01. The predicted octanol–water partition coefficient (Wildman–Crippen LogP) is 1.15. The number of carboxylic acid groups (broad SMARTS) is 1. The molecule has 5 heteroatoms. The monoisotopic (exact) mass is 250 g/mol.